The van der Waals surface area contributed by atoms with Crippen molar-refractivity contribution in [3.05, 3.63) is 35.3 Å². The van der Waals surface area contributed by atoms with Crippen molar-refractivity contribution in [1.82, 2.24) is 15.0 Å². The minimum absolute atomic E-state index is 0.210. The van der Waals surface area contributed by atoms with Crippen molar-refractivity contribution in [1.29, 1.82) is 0 Å². The van der Waals surface area contributed by atoms with Gasteiger partial charge in [-0.15, -0.1) is 0 Å². The number of amides is 1. The second-order valence-electron chi connectivity index (χ2n) is 7.61. The summed E-state index contributed by atoms with van der Waals surface area (Å²) in [4.78, 5) is 19.5. The van der Waals surface area contributed by atoms with Crippen LogP contribution >= 0.6 is 0 Å². The predicted octanol–water partition coefficient (Wildman–Crippen LogP) is 3.07. The summed E-state index contributed by atoms with van der Waals surface area (Å²) in [7, 11) is 0. The molecule has 1 unspecified atom stereocenters. The SMILES string of the molecule is Cc1noc(C)c1-c1cccc(C2CN(C(=O)CC3CCOCC3)CCO2)n1. The van der Waals surface area contributed by atoms with Crippen LogP contribution in [-0.2, 0) is 14.3 Å². The standard InChI is InChI=1S/C21H27N3O4/c1-14-21(15(2)28-23-14)18-5-3-4-17(22-18)19-13-24(8-11-27-19)20(25)12-16-6-9-26-10-7-16/h3-5,16,19H,6-13H2,1-2H3. The fourth-order valence-corrected chi connectivity index (χ4v) is 4.00. The number of hydrogen-bond acceptors (Lipinski definition) is 6. The Bertz CT molecular complexity index is 809. The normalized spacial score (nSPS) is 21.1. The second-order valence-corrected chi connectivity index (χ2v) is 7.61. The van der Waals surface area contributed by atoms with E-state index >= 15 is 0 Å². The maximum absolute atomic E-state index is 12.8. The highest BCUT2D eigenvalue weighted by Crippen LogP contribution is 2.28. The highest BCUT2D eigenvalue weighted by molar-refractivity contribution is 5.76. The molecule has 2 saturated heterocycles. The van der Waals surface area contributed by atoms with Crippen molar-refractivity contribution in [3.63, 3.8) is 0 Å². The molecule has 2 aromatic heterocycles. The van der Waals surface area contributed by atoms with E-state index in [1.807, 2.05) is 36.9 Å². The lowest BCUT2D eigenvalue weighted by Gasteiger charge is -2.34. The van der Waals surface area contributed by atoms with Gasteiger partial charge in [0, 0.05) is 26.2 Å². The Morgan fingerprint density at radius 1 is 1.21 bits per heavy atom. The van der Waals surface area contributed by atoms with Crippen molar-refractivity contribution >= 4 is 5.91 Å². The highest BCUT2D eigenvalue weighted by atomic mass is 16.5. The van der Waals surface area contributed by atoms with E-state index < -0.39 is 0 Å². The van der Waals surface area contributed by atoms with Crippen LogP contribution in [0.25, 0.3) is 11.3 Å². The number of aromatic nitrogens is 2. The van der Waals surface area contributed by atoms with Gasteiger partial charge in [0.25, 0.3) is 0 Å². The number of ether oxygens (including phenoxy) is 2. The van der Waals surface area contributed by atoms with Crippen molar-refractivity contribution in [2.24, 2.45) is 5.92 Å². The zero-order chi connectivity index (χ0) is 19.5. The third-order valence-corrected chi connectivity index (χ3v) is 5.61. The lowest BCUT2D eigenvalue weighted by atomic mass is 9.95. The third kappa shape index (κ3) is 4.10. The van der Waals surface area contributed by atoms with Crippen LogP contribution < -0.4 is 0 Å². The number of pyridine rings is 1. The first-order valence-electron chi connectivity index (χ1n) is 9.99. The first-order chi connectivity index (χ1) is 13.6. The first-order valence-corrected chi connectivity index (χ1v) is 9.99. The zero-order valence-electron chi connectivity index (χ0n) is 16.5. The molecule has 0 aromatic carbocycles. The van der Waals surface area contributed by atoms with Crippen molar-refractivity contribution in [3.8, 4) is 11.3 Å². The Morgan fingerprint density at radius 2 is 2.04 bits per heavy atom. The van der Waals surface area contributed by atoms with Gasteiger partial charge in [0.1, 0.15) is 11.9 Å². The first kappa shape index (κ1) is 19.1. The Labute approximate surface area is 165 Å². The molecule has 2 fully saturated rings. The molecule has 2 aliphatic rings. The smallest absolute Gasteiger partial charge is 0.223 e. The summed E-state index contributed by atoms with van der Waals surface area (Å²) in [5, 5.41) is 4.02. The average molecular weight is 385 g/mol. The van der Waals surface area contributed by atoms with E-state index in [2.05, 4.69) is 5.16 Å². The number of hydrogen-bond donors (Lipinski definition) is 0. The molecule has 1 amide bonds. The molecule has 0 radical (unpaired) electrons. The number of carbonyl (C=O) groups is 1. The van der Waals surface area contributed by atoms with Crippen LogP contribution in [0.15, 0.2) is 22.7 Å². The molecule has 1 atom stereocenters. The van der Waals surface area contributed by atoms with Gasteiger partial charge >= 0.3 is 0 Å². The minimum atomic E-state index is -0.215. The summed E-state index contributed by atoms with van der Waals surface area (Å²) in [6, 6.07) is 5.88. The van der Waals surface area contributed by atoms with Crippen LogP contribution in [0.5, 0.6) is 0 Å². The Hall–Kier alpha value is -2.25. The topological polar surface area (TPSA) is 77.7 Å². The predicted molar refractivity (Wildman–Crippen MR) is 103 cm³/mol. The van der Waals surface area contributed by atoms with Gasteiger partial charge in [-0.25, -0.2) is 4.98 Å². The Balaban J connectivity index is 1.46. The maximum atomic E-state index is 12.8. The maximum Gasteiger partial charge on any atom is 0.223 e. The molecule has 0 N–H and O–H groups in total. The minimum Gasteiger partial charge on any atom is -0.381 e. The van der Waals surface area contributed by atoms with Crippen molar-refractivity contribution < 1.29 is 18.8 Å². The fraction of sp³-hybridized carbons (Fsp3) is 0.571. The van der Waals surface area contributed by atoms with Gasteiger partial charge < -0.3 is 18.9 Å². The van der Waals surface area contributed by atoms with Gasteiger partial charge in [-0.1, -0.05) is 11.2 Å². The fourth-order valence-electron chi connectivity index (χ4n) is 4.00. The molecule has 0 saturated carbocycles. The second kappa shape index (κ2) is 8.41. The van der Waals surface area contributed by atoms with Crippen molar-refractivity contribution in [2.75, 3.05) is 32.9 Å². The van der Waals surface area contributed by atoms with E-state index in [9.17, 15) is 4.79 Å². The van der Waals surface area contributed by atoms with E-state index in [0.29, 0.717) is 32.0 Å². The van der Waals surface area contributed by atoms with E-state index in [1.54, 1.807) is 0 Å². The van der Waals surface area contributed by atoms with Crippen LogP contribution in [0.3, 0.4) is 0 Å². The summed E-state index contributed by atoms with van der Waals surface area (Å²) >= 11 is 0. The summed E-state index contributed by atoms with van der Waals surface area (Å²) in [5.41, 5.74) is 3.40. The molecule has 4 heterocycles. The number of rotatable bonds is 4. The number of nitrogens with zero attached hydrogens (tertiary/aromatic N) is 3. The molecular weight excluding hydrogens is 358 g/mol. The van der Waals surface area contributed by atoms with Gasteiger partial charge in [-0.05, 0) is 44.7 Å². The van der Waals surface area contributed by atoms with Crippen molar-refractivity contribution in [2.45, 2.75) is 39.2 Å². The molecular formula is C21H27N3O4. The molecule has 2 aliphatic heterocycles. The molecule has 4 rings (SSSR count). The molecule has 150 valence electrons. The van der Waals surface area contributed by atoms with Gasteiger partial charge in [-0.3, -0.25) is 4.79 Å². The summed E-state index contributed by atoms with van der Waals surface area (Å²) in [6.45, 7) is 7.04. The number of morpholine rings is 1. The largest absolute Gasteiger partial charge is 0.381 e. The number of aryl methyl sites for hydroxylation is 2. The van der Waals surface area contributed by atoms with Crippen LogP contribution in [-0.4, -0.2) is 53.9 Å². The third-order valence-electron chi connectivity index (χ3n) is 5.61. The van der Waals surface area contributed by atoms with E-state index in [-0.39, 0.29) is 12.0 Å². The molecule has 0 aliphatic carbocycles. The molecule has 2 aromatic rings. The van der Waals surface area contributed by atoms with Crippen LogP contribution in [0.4, 0.5) is 0 Å². The molecule has 0 bridgehead atoms. The van der Waals surface area contributed by atoms with E-state index in [4.69, 9.17) is 19.0 Å². The van der Waals surface area contributed by atoms with Crippen LogP contribution in [0, 0.1) is 19.8 Å². The average Bonchev–Trinajstić information content (AvgIpc) is 3.07. The van der Waals surface area contributed by atoms with E-state index in [1.165, 1.54) is 0 Å². The molecule has 7 heteroatoms. The van der Waals surface area contributed by atoms with Gasteiger partial charge in [0.2, 0.25) is 5.91 Å². The monoisotopic (exact) mass is 385 g/mol. The summed E-state index contributed by atoms with van der Waals surface area (Å²) in [5.74, 6) is 1.39. The Morgan fingerprint density at radius 3 is 2.79 bits per heavy atom. The molecule has 28 heavy (non-hydrogen) atoms. The van der Waals surface area contributed by atoms with E-state index in [0.717, 1.165) is 54.5 Å². The van der Waals surface area contributed by atoms with Crippen LogP contribution in [0.2, 0.25) is 0 Å². The van der Waals surface area contributed by atoms with Crippen LogP contribution in [0.1, 0.15) is 42.5 Å². The quantitative estimate of drug-likeness (QED) is 0.805. The molecule has 0 spiro atoms. The van der Waals surface area contributed by atoms with Gasteiger partial charge in [-0.2, -0.15) is 0 Å². The lowest BCUT2D eigenvalue weighted by molar-refractivity contribution is -0.140. The van der Waals surface area contributed by atoms with Gasteiger partial charge in [0.15, 0.2) is 0 Å². The summed E-state index contributed by atoms with van der Waals surface area (Å²) in [6.07, 6.45) is 2.33. The molecule has 7 nitrogen and oxygen atoms in total. The van der Waals surface area contributed by atoms with Gasteiger partial charge in [0.05, 0.1) is 35.8 Å². The summed E-state index contributed by atoms with van der Waals surface area (Å²) < 4.78 is 16.6. The Kier molecular flexibility index (Phi) is 5.73. The highest BCUT2D eigenvalue weighted by Gasteiger charge is 2.28. The lowest BCUT2D eigenvalue weighted by Crippen LogP contribution is -2.43. The zero-order valence-corrected chi connectivity index (χ0v) is 16.5. The number of carbonyl (C=O) groups excluding carboxylic acids is 1.